The van der Waals surface area contributed by atoms with E-state index in [0.29, 0.717) is 50.1 Å². The van der Waals surface area contributed by atoms with E-state index in [-0.39, 0.29) is 43.0 Å². The number of nitrogens with zero attached hydrogens (tertiary/aromatic N) is 5. The maximum absolute atomic E-state index is 14.7. The minimum atomic E-state index is -3.96. The fourth-order valence-electron chi connectivity index (χ4n) is 8.51. The summed E-state index contributed by atoms with van der Waals surface area (Å²) in [4.78, 5) is 63.1. The number of imidazole rings is 1. The molecule has 2 aliphatic carbocycles. The third kappa shape index (κ3) is 8.85. The van der Waals surface area contributed by atoms with Crippen molar-refractivity contribution in [3.8, 4) is 11.7 Å². The molecule has 3 amide bonds. The van der Waals surface area contributed by atoms with Crippen LogP contribution in [0.2, 0.25) is 0 Å². The molecular weight excluding hydrogens is 787 g/mol. The highest BCUT2D eigenvalue weighted by atomic mass is 32.2. The maximum atomic E-state index is 14.7. The molecule has 4 aliphatic rings. The number of hydrogen-bond acceptors (Lipinski definition) is 10. The molecule has 16 heteroatoms. The Bertz CT molecular complexity index is 2280. The van der Waals surface area contributed by atoms with E-state index in [9.17, 15) is 27.6 Å². The molecule has 2 N–H and O–H groups in total. The lowest BCUT2D eigenvalue weighted by Gasteiger charge is -2.30. The van der Waals surface area contributed by atoms with E-state index in [0.717, 1.165) is 29.7 Å². The molecule has 15 nitrogen and oxygen atoms in total. The topological polar surface area (TPSA) is 184 Å². The van der Waals surface area contributed by atoms with Gasteiger partial charge in [-0.1, -0.05) is 44.9 Å². The first-order valence-corrected chi connectivity index (χ1v) is 23.0. The molecule has 7 rings (SSSR count). The Hall–Kier alpha value is -4.73. The number of sulfonamides is 1. The number of ether oxygens (including phenoxy) is 2. The number of carbonyl (C=O) groups is 4. The van der Waals surface area contributed by atoms with Gasteiger partial charge in [0.25, 0.3) is 6.01 Å². The summed E-state index contributed by atoms with van der Waals surface area (Å²) in [5.74, 6) is -1.61. The van der Waals surface area contributed by atoms with Crippen LogP contribution in [0.15, 0.2) is 42.6 Å². The zero-order chi connectivity index (χ0) is 43.4. The fraction of sp³-hybridized carbons (Fsp3) is 0.636. The van der Waals surface area contributed by atoms with Crippen LogP contribution in [0, 0.1) is 11.3 Å². The molecule has 1 saturated heterocycles. The van der Waals surface area contributed by atoms with Gasteiger partial charge in [-0.25, -0.2) is 17.9 Å². The van der Waals surface area contributed by atoms with Crippen molar-refractivity contribution in [1.29, 1.82) is 0 Å². The SMILES string of the molecule is CC(C)c1ccn(-c2cccc3c2nc(O[C@@H]2C[C@H]4C(=O)C[C@]5(C(=O)NS(=O)(=O)C6(C)CC6)C[C@@H]5/C=C\CCCCC[C@H](NC(=O)OC(C)(C)C)C(=O)N4C2)n3C(C)C)n1. The van der Waals surface area contributed by atoms with Crippen molar-refractivity contribution >= 4 is 44.7 Å². The first kappa shape index (κ1) is 43.4. The largest absolute Gasteiger partial charge is 0.459 e. The van der Waals surface area contributed by atoms with Crippen molar-refractivity contribution in [2.75, 3.05) is 6.54 Å². The van der Waals surface area contributed by atoms with Crippen LogP contribution in [0.1, 0.15) is 137 Å². The average Bonchev–Trinajstić information content (AvgIpc) is 3.82. The van der Waals surface area contributed by atoms with E-state index in [1.807, 2.05) is 65.7 Å². The fourth-order valence-corrected chi connectivity index (χ4v) is 9.85. The van der Waals surface area contributed by atoms with Crippen LogP contribution in [0.4, 0.5) is 4.79 Å². The van der Waals surface area contributed by atoms with E-state index < -0.39 is 61.9 Å². The summed E-state index contributed by atoms with van der Waals surface area (Å²) < 4.78 is 44.0. The second-order valence-electron chi connectivity index (χ2n) is 19.1. The highest BCUT2D eigenvalue weighted by molar-refractivity contribution is 7.91. The van der Waals surface area contributed by atoms with Crippen molar-refractivity contribution in [3.63, 3.8) is 0 Å². The molecule has 2 saturated carbocycles. The summed E-state index contributed by atoms with van der Waals surface area (Å²) in [5, 5.41) is 7.59. The quantitative estimate of drug-likeness (QED) is 0.221. The Morgan fingerprint density at radius 3 is 2.45 bits per heavy atom. The minimum Gasteiger partial charge on any atom is -0.459 e. The normalized spacial score (nSPS) is 26.5. The second kappa shape index (κ2) is 16.3. The number of carbonyl (C=O) groups excluding carboxylic acids is 4. The van der Waals surface area contributed by atoms with E-state index in [1.165, 1.54) is 4.90 Å². The maximum Gasteiger partial charge on any atom is 0.408 e. The number of ketones is 1. The molecule has 60 heavy (non-hydrogen) atoms. The van der Waals surface area contributed by atoms with Gasteiger partial charge in [-0.2, -0.15) is 10.1 Å². The molecule has 3 fully saturated rings. The van der Waals surface area contributed by atoms with Crippen molar-refractivity contribution in [1.82, 2.24) is 34.3 Å². The number of rotatable bonds is 9. The molecule has 4 heterocycles. The molecular formula is C44H61N7O8S. The number of Topliss-reactive ketones (excluding diaryl/α,β-unsaturated/α-hetero) is 1. The van der Waals surface area contributed by atoms with Crippen LogP contribution < -0.4 is 14.8 Å². The molecule has 1 aromatic carbocycles. The van der Waals surface area contributed by atoms with Crippen molar-refractivity contribution < 1.29 is 37.1 Å². The average molecular weight is 848 g/mol. The minimum absolute atomic E-state index is 0.0159. The van der Waals surface area contributed by atoms with Crippen LogP contribution in [0.5, 0.6) is 6.01 Å². The lowest BCUT2D eigenvalue weighted by molar-refractivity contribution is -0.140. The van der Waals surface area contributed by atoms with Gasteiger partial charge in [0.2, 0.25) is 21.8 Å². The van der Waals surface area contributed by atoms with Crippen LogP contribution >= 0.6 is 0 Å². The number of amides is 3. The van der Waals surface area contributed by atoms with Crippen LogP contribution in [-0.4, -0.2) is 91.4 Å². The monoisotopic (exact) mass is 847 g/mol. The molecule has 0 radical (unpaired) electrons. The zero-order valence-corrected chi connectivity index (χ0v) is 37.0. The van der Waals surface area contributed by atoms with Gasteiger partial charge in [0.05, 0.1) is 39.6 Å². The van der Waals surface area contributed by atoms with Gasteiger partial charge >= 0.3 is 6.09 Å². The highest BCUT2D eigenvalue weighted by Gasteiger charge is 2.62. The van der Waals surface area contributed by atoms with Gasteiger partial charge in [0.15, 0.2) is 5.78 Å². The van der Waals surface area contributed by atoms with Crippen LogP contribution in [0.25, 0.3) is 16.7 Å². The molecule has 2 aliphatic heterocycles. The van der Waals surface area contributed by atoms with E-state index in [2.05, 4.69) is 23.9 Å². The summed E-state index contributed by atoms with van der Waals surface area (Å²) in [6.07, 6.45) is 8.74. The molecule has 3 aromatic rings. The summed E-state index contributed by atoms with van der Waals surface area (Å²) in [5.41, 5.74) is 1.14. The van der Waals surface area contributed by atoms with Crippen LogP contribution in [0.3, 0.4) is 0 Å². The predicted molar refractivity (Wildman–Crippen MR) is 226 cm³/mol. The molecule has 0 unspecified atom stereocenters. The van der Waals surface area contributed by atoms with Crippen LogP contribution in [-0.2, 0) is 29.1 Å². The summed E-state index contributed by atoms with van der Waals surface area (Å²) in [6, 6.07) is 6.09. The van der Waals surface area contributed by atoms with E-state index >= 15 is 0 Å². The van der Waals surface area contributed by atoms with Crippen molar-refractivity contribution in [2.24, 2.45) is 11.3 Å². The molecule has 2 aromatic heterocycles. The Kier molecular flexibility index (Phi) is 11.8. The van der Waals surface area contributed by atoms with Gasteiger partial charge in [-0.15, -0.1) is 0 Å². The van der Waals surface area contributed by atoms with Gasteiger partial charge < -0.3 is 19.7 Å². The molecule has 326 valence electrons. The Balaban J connectivity index is 1.22. The zero-order valence-electron chi connectivity index (χ0n) is 36.2. The van der Waals surface area contributed by atoms with Gasteiger partial charge in [0, 0.05) is 25.1 Å². The number of alkyl carbamates (subject to hydrolysis) is 1. The first-order chi connectivity index (χ1) is 28.2. The number of nitrogens with one attached hydrogen (secondary N) is 2. The predicted octanol–water partition coefficient (Wildman–Crippen LogP) is 6.65. The highest BCUT2D eigenvalue weighted by Crippen LogP contribution is 2.57. The van der Waals surface area contributed by atoms with E-state index in [1.54, 1.807) is 27.7 Å². The molecule has 5 atom stereocenters. The lowest BCUT2D eigenvalue weighted by atomic mass is 9.91. The number of allylic oxidation sites excluding steroid dienone is 2. The number of para-hydroxylation sites is 1. The van der Waals surface area contributed by atoms with Gasteiger partial charge in [-0.05, 0) is 110 Å². The van der Waals surface area contributed by atoms with Crippen molar-refractivity contribution in [2.45, 2.75) is 160 Å². The molecule has 0 bridgehead atoms. The standard InChI is InChI=1S/C44H61N7O8S/c1-27(2)31-19-22-50(47-31)33-17-14-18-34-37(33)46-40(51(34)28(3)4)58-30-23-35-36(52)25-44(39(54)48-60(56,57)43(8)20-21-43)24-29(44)15-12-10-9-11-13-16-32(38(53)49(35)26-30)45-41(55)59-42(5,6)7/h12,14-15,17-19,22,27-30,32,35H,9-11,13,16,20-21,23-26H2,1-8H3,(H,45,55)(H,48,54)/b15-12-/t29-,30+,32-,35-,44+/m0/s1. The summed E-state index contributed by atoms with van der Waals surface area (Å²) in [6.45, 7) is 15.1. The Morgan fingerprint density at radius 1 is 1.03 bits per heavy atom. The number of aromatic nitrogens is 4. The Labute approximate surface area is 353 Å². The third-order valence-corrected chi connectivity index (χ3v) is 14.6. The van der Waals surface area contributed by atoms with Gasteiger partial charge in [-0.3, -0.25) is 23.7 Å². The smallest absolute Gasteiger partial charge is 0.408 e. The summed E-state index contributed by atoms with van der Waals surface area (Å²) in [7, 11) is -3.96. The number of benzene rings is 1. The third-order valence-electron chi connectivity index (χ3n) is 12.4. The lowest BCUT2D eigenvalue weighted by Crippen LogP contribution is -2.53. The first-order valence-electron chi connectivity index (χ1n) is 21.5. The molecule has 0 spiro atoms. The number of hydrogen-bond donors (Lipinski definition) is 2. The van der Waals surface area contributed by atoms with Crippen molar-refractivity contribution in [3.05, 3.63) is 48.3 Å². The summed E-state index contributed by atoms with van der Waals surface area (Å²) >= 11 is 0. The second-order valence-corrected chi connectivity index (χ2v) is 21.3. The van der Waals surface area contributed by atoms with Gasteiger partial charge in [0.1, 0.15) is 23.3 Å². The Morgan fingerprint density at radius 2 is 1.78 bits per heavy atom. The number of fused-ring (bicyclic) bond motifs is 3. The van der Waals surface area contributed by atoms with E-state index in [4.69, 9.17) is 19.6 Å².